The third-order valence-electron chi connectivity index (χ3n) is 6.00. The van der Waals surface area contributed by atoms with E-state index < -0.39 is 5.82 Å². The second-order valence-electron chi connectivity index (χ2n) is 9.02. The third-order valence-corrected chi connectivity index (χ3v) is 6.00. The highest BCUT2D eigenvalue weighted by Gasteiger charge is 2.22. The van der Waals surface area contributed by atoms with Crippen LogP contribution < -0.4 is 20.1 Å². The van der Waals surface area contributed by atoms with Crippen LogP contribution >= 0.6 is 0 Å². The molecule has 0 bridgehead atoms. The summed E-state index contributed by atoms with van der Waals surface area (Å²) < 4.78 is 27.4. The first-order valence-electron chi connectivity index (χ1n) is 12.2. The van der Waals surface area contributed by atoms with Crippen molar-refractivity contribution in [3.8, 4) is 11.5 Å². The topological polar surface area (TPSA) is 84.5 Å². The number of anilines is 2. The summed E-state index contributed by atoms with van der Waals surface area (Å²) in [6.45, 7) is 6.43. The molecule has 0 saturated carbocycles. The van der Waals surface area contributed by atoms with Gasteiger partial charge in [-0.15, -0.1) is 0 Å². The number of amidine groups is 1. The number of nitrogen functional groups attached to an aromatic ring is 1. The highest BCUT2D eigenvalue weighted by atomic mass is 19.1. The van der Waals surface area contributed by atoms with Gasteiger partial charge in [-0.2, -0.15) is 0 Å². The number of nitrogens with zero attached hydrogens (tertiary/aromatic N) is 2. The molecule has 6 nitrogen and oxygen atoms in total. The Morgan fingerprint density at radius 3 is 2.54 bits per heavy atom. The van der Waals surface area contributed by atoms with E-state index in [4.69, 9.17) is 25.6 Å². The zero-order valence-corrected chi connectivity index (χ0v) is 20.6. The summed E-state index contributed by atoms with van der Waals surface area (Å²) in [5, 5.41) is 7.71. The van der Waals surface area contributed by atoms with Crippen LogP contribution in [0.15, 0.2) is 48.5 Å². The fraction of sp³-hybridized carbons (Fsp3) is 0.357. The predicted molar refractivity (Wildman–Crippen MR) is 138 cm³/mol. The lowest BCUT2D eigenvalue weighted by atomic mass is 9.96. The van der Waals surface area contributed by atoms with E-state index >= 15 is 4.39 Å². The molecule has 2 aromatic carbocycles. The summed E-state index contributed by atoms with van der Waals surface area (Å²) in [5.41, 5.74) is 10.6. The standard InChI is InChI=1S/C28H33FN4O2/c1-4-34-23-15-25(27(29)26(16-23)35-18(2)3)33(22-13-10-20(11-14-22)28(30)31)17-21-12-9-19-7-5-6-8-24(19)32-21/h9-16,18H,4-8,17H2,1-3H3,(H3,30,31). The Morgan fingerprint density at radius 1 is 1.11 bits per heavy atom. The smallest absolute Gasteiger partial charge is 0.188 e. The average Bonchev–Trinajstić information content (AvgIpc) is 2.84. The van der Waals surface area contributed by atoms with Crippen LogP contribution in [0.2, 0.25) is 0 Å². The second-order valence-corrected chi connectivity index (χ2v) is 9.02. The summed E-state index contributed by atoms with van der Waals surface area (Å²) in [6, 6.07) is 14.7. The van der Waals surface area contributed by atoms with Gasteiger partial charge in [0.25, 0.3) is 0 Å². The van der Waals surface area contributed by atoms with Gasteiger partial charge in [0, 0.05) is 29.1 Å². The van der Waals surface area contributed by atoms with Crippen molar-refractivity contribution in [2.24, 2.45) is 5.73 Å². The SMILES string of the molecule is CCOc1cc(OC(C)C)c(F)c(N(Cc2ccc3c(n2)CCCC3)c2ccc(C(=N)N)cc2)c1. The first-order valence-corrected chi connectivity index (χ1v) is 12.2. The van der Waals surface area contributed by atoms with Gasteiger partial charge >= 0.3 is 0 Å². The lowest BCUT2D eigenvalue weighted by Gasteiger charge is -2.28. The van der Waals surface area contributed by atoms with Crippen molar-refractivity contribution in [2.75, 3.05) is 11.5 Å². The van der Waals surface area contributed by atoms with Crippen LogP contribution in [0, 0.1) is 11.2 Å². The van der Waals surface area contributed by atoms with E-state index in [1.165, 1.54) is 12.0 Å². The Hall–Kier alpha value is -3.61. The number of benzene rings is 2. The van der Waals surface area contributed by atoms with E-state index in [0.717, 1.165) is 36.3 Å². The van der Waals surface area contributed by atoms with Gasteiger partial charge < -0.3 is 20.1 Å². The van der Waals surface area contributed by atoms with Crippen LogP contribution in [0.3, 0.4) is 0 Å². The van der Waals surface area contributed by atoms with E-state index in [1.54, 1.807) is 24.3 Å². The quantitative estimate of drug-likeness (QED) is 0.296. The number of ether oxygens (including phenoxy) is 2. The fourth-order valence-electron chi connectivity index (χ4n) is 4.36. The molecule has 0 fully saturated rings. The maximum absolute atomic E-state index is 15.9. The van der Waals surface area contributed by atoms with Gasteiger partial charge in [-0.1, -0.05) is 6.07 Å². The van der Waals surface area contributed by atoms with Gasteiger partial charge in [0.2, 0.25) is 0 Å². The van der Waals surface area contributed by atoms with E-state index in [0.29, 0.717) is 30.2 Å². The zero-order chi connectivity index (χ0) is 24.9. The number of aryl methyl sites for hydroxylation is 2. The molecule has 7 heteroatoms. The Morgan fingerprint density at radius 2 is 1.86 bits per heavy atom. The van der Waals surface area contributed by atoms with E-state index in [1.807, 2.05) is 43.9 Å². The van der Waals surface area contributed by atoms with Crippen LogP contribution in [0.4, 0.5) is 15.8 Å². The Balaban J connectivity index is 1.81. The van der Waals surface area contributed by atoms with Crippen LogP contribution in [0.25, 0.3) is 0 Å². The van der Waals surface area contributed by atoms with E-state index in [9.17, 15) is 0 Å². The molecule has 0 aliphatic heterocycles. The van der Waals surface area contributed by atoms with Crippen LogP contribution in [-0.2, 0) is 19.4 Å². The van der Waals surface area contributed by atoms with Gasteiger partial charge in [-0.05, 0) is 82.3 Å². The number of fused-ring (bicyclic) bond motifs is 1. The number of nitrogens with two attached hydrogens (primary N) is 1. The van der Waals surface area contributed by atoms with Crippen LogP contribution in [0.5, 0.6) is 11.5 Å². The number of hydrogen-bond acceptors (Lipinski definition) is 5. The molecular weight excluding hydrogens is 443 g/mol. The molecule has 4 rings (SSSR count). The van der Waals surface area contributed by atoms with Crippen molar-refractivity contribution in [3.05, 3.63) is 76.9 Å². The van der Waals surface area contributed by atoms with Crippen molar-refractivity contribution >= 4 is 17.2 Å². The normalized spacial score (nSPS) is 12.8. The Bertz CT molecular complexity index is 1190. The highest BCUT2D eigenvalue weighted by Crippen LogP contribution is 2.38. The molecule has 1 aliphatic carbocycles. The molecule has 0 spiro atoms. The van der Waals surface area contributed by atoms with Crippen molar-refractivity contribution < 1.29 is 13.9 Å². The molecule has 0 atom stereocenters. The van der Waals surface area contributed by atoms with Gasteiger partial charge in [-0.25, -0.2) is 4.39 Å². The molecule has 0 saturated heterocycles. The van der Waals surface area contributed by atoms with Crippen molar-refractivity contribution in [1.82, 2.24) is 4.98 Å². The minimum Gasteiger partial charge on any atom is -0.494 e. The Kier molecular flexibility index (Phi) is 7.54. The molecule has 1 aliphatic rings. The monoisotopic (exact) mass is 476 g/mol. The van der Waals surface area contributed by atoms with E-state index in [2.05, 4.69) is 6.07 Å². The van der Waals surface area contributed by atoms with Crippen molar-refractivity contribution in [3.63, 3.8) is 0 Å². The molecule has 0 unspecified atom stereocenters. The second kappa shape index (κ2) is 10.8. The predicted octanol–water partition coefficient (Wildman–Crippen LogP) is 5.91. The number of aromatic nitrogens is 1. The summed E-state index contributed by atoms with van der Waals surface area (Å²) in [6.07, 6.45) is 4.16. The third kappa shape index (κ3) is 5.73. The highest BCUT2D eigenvalue weighted by molar-refractivity contribution is 5.95. The summed E-state index contributed by atoms with van der Waals surface area (Å²) in [4.78, 5) is 6.80. The van der Waals surface area contributed by atoms with Crippen molar-refractivity contribution in [1.29, 1.82) is 5.41 Å². The molecule has 0 amide bonds. The minimum atomic E-state index is -0.462. The molecule has 35 heavy (non-hydrogen) atoms. The first kappa shape index (κ1) is 24.5. The minimum absolute atomic E-state index is 0.0170. The van der Waals surface area contributed by atoms with Gasteiger partial charge in [0.15, 0.2) is 11.6 Å². The van der Waals surface area contributed by atoms with Gasteiger partial charge in [-0.3, -0.25) is 10.4 Å². The van der Waals surface area contributed by atoms with Gasteiger partial charge in [0.05, 0.1) is 30.6 Å². The van der Waals surface area contributed by atoms with Crippen molar-refractivity contribution in [2.45, 2.75) is 59.1 Å². The fourth-order valence-corrected chi connectivity index (χ4v) is 4.36. The number of halogens is 1. The zero-order valence-electron chi connectivity index (χ0n) is 20.6. The molecule has 0 radical (unpaired) electrons. The average molecular weight is 477 g/mol. The molecule has 3 N–H and O–H groups in total. The lowest BCUT2D eigenvalue weighted by molar-refractivity contribution is 0.229. The van der Waals surface area contributed by atoms with Gasteiger partial charge in [0.1, 0.15) is 11.6 Å². The number of rotatable bonds is 9. The number of pyridine rings is 1. The largest absolute Gasteiger partial charge is 0.494 e. The molecule has 1 aromatic heterocycles. The number of nitrogens with one attached hydrogen (secondary N) is 1. The summed E-state index contributed by atoms with van der Waals surface area (Å²) >= 11 is 0. The maximum Gasteiger partial charge on any atom is 0.188 e. The first-order chi connectivity index (χ1) is 16.9. The Labute approximate surface area is 206 Å². The molecule has 184 valence electrons. The molecule has 3 aromatic rings. The van der Waals surface area contributed by atoms with Crippen LogP contribution in [-0.4, -0.2) is 23.5 Å². The lowest BCUT2D eigenvalue weighted by Crippen LogP contribution is -2.21. The maximum atomic E-state index is 15.9. The molecule has 1 heterocycles. The summed E-state index contributed by atoms with van der Waals surface area (Å²) in [7, 11) is 0. The van der Waals surface area contributed by atoms with Crippen LogP contribution in [0.1, 0.15) is 56.1 Å². The van der Waals surface area contributed by atoms with E-state index in [-0.39, 0.29) is 17.7 Å². The summed E-state index contributed by atoms with van der Waals surface area (Å²) in [5.74, 6) is 0.195. The number of hydrogen-bond donors (Lipinski definition) is 2. The molecular formula is C28H33FN4O2.